The average Bonchev–Trinajstić information content (AvgIpc) is 2.37. The van der Waals surface area contributed by atoms with Gasteiger partial charge in [-0.1, -0.05) is 29.3 Å². The van der Waals surface area contributed by atoms with Crippen LogP contribution in [0, 0.1) is 13.8 Å². The van der Waals surface area contributed by atoms with Gasteiger partial charge < -0.3 is 4.74 Å². The number of aryl methyl sites for hydroxylation is 2. The molecule has 4 heteroatoms. The molecule has 106 valence electrons. The molecule has 0 bridgehead atoms. The Balaban J connectivity index is 2.75. The number of alkyl halides is 3. The van der Waals surface area contributed by atoms with Gasteiger partial charge >= 0.3 is 6.18 Å². The van der Waals surface area contributed by atoms with Gasteiger partial charge in [0, 0.05) is 5.56 Å². The zero-order valence-electron chi connectivity index (χ0n) is 11.5. The van der Waals surface area contributed by atoms with Crippen molar-refractivity contribution in [2.24, 2.45) is 0 Å². The highest BCUT2D eigenvalue weighted by Gasteiger charge is 2.34. The Labute approximate surface area is 116 Å². The van der Waals surface area contributed by atoms with Crippen molar-refractivity contribution in [3.8, 4) is 16.9 Å². The van der Waals surface area contributed by atoms with E-state index in [-0.39, 0.29) is 5.56 Å². The number of halogens is 3. The first-order valence-electron chi connectivity index (χ1n) is 6.16. The standard InChI is InChI=1S/C16H15F3O/c1-10-4-6-14(16(17,18)19)12(8-10)13-9-11(2)5-7-15(13)20-3/h4-9H,1-3H3. The van der Waals surface area contributed by atoms with Crippen LogP contribution in [0.15, 0.2) is 36.4 Å². The maximum atomic E-state index is 13.2. The van der Waals surface area contributed by atoms with E-state index in [0.717, 1.165) is 17.2 Å². The fraction of sp³-hybridized carbons (Fsp3) is 0.250. The van der Waals surface area contributed by atoms with Crippen LogP contribution in [0.4, 0.5) is 13.2 Å². The Morgan fingerprint density at radius 1 is 0.850 bits per heavy atom. The Kier molecular flexibility index (Phi) is 3.75. The van der Waals surface area contributed by atoms with E-state index in [1.807, 2.05) is 13.0 Å². The monoisotopic (exact) mass is 280 g/mol. The lowest BCUT2D eigenvalue weighted by Crippen LogP contribution is -2.07. The van der Waals surface area contributed by atoms with Crippen molar-refractivity contribution in [3.63, 3.8) is 0 Å². The van der Waals surface area contributed by atoms with Crippen molar-refractivity contribution >= 4 is 0 Å². The lowest BCUT2D eigenvalue weighted by Gasteiger charge is -2.16. The van der Waals surface area contributed by atoms with E-state index in [4.69, 9.17) is 4.74 Å². The number of hydrogen-bond donors (Lipinski definition) is 0. The molecule has 20 heavy (non-hydrogen) atoms. The van der Waals surface area contributed by atoms with Gasteiger partial charge in [0.2, 0.25) is 0 Å². The Morgan fingerprint density at radius 2 is 1.40 bits per heavy atom. The number of ether oxygens (including phenoxy) is 1. The van der Waals surface area contributed by atoms with Gasteiger partial charge in [0.05, 0.1) is 12.7 Å². The van der Waals surface area contributed by atoms with Crippen LogP contribution in [-0.4, -0.2) is 7.11 Å². The van der Waals surface area contributed by atoms with Crippen molar-refractivity contribution in [1.29, 1.82) is 0 Å². The summed E-state index contributed by atoms with van der Waals surface area (Å²) < 4.78 is 44.7. The molecule has 0 unspecified atom stereocenters. The zero-order valence-corrected chi connectivity index (χ0v) is 11.5. The second-order valence-corrected chi connectivity index (χ2v) is 4.75. The van der Waals surface area contributed by atoms with E-state index in [0.29, 0.717) is 11.3 Å². The second kappa shape index (κ2) is 5.19. The molecule has 1 nitrogen and oxygen atoms in total. The maximum Gasteiger partial charge on any atom is 0.417 e. The molecule has 0 spiro atoms. The molecule has 2 aromatic carbocycles. The minimum atomic E-state index is -4.39. The summed E-state index contributed by atoms with van der Waals surface area (Å²) in [4.78, 5) is 0. The molecule has 0 saturated carbocycles. The second-order valence-electron chi connectivity index (χ2n) is 4.75. The predicted molar refractivity (Wildman–Crippen MR) is 72.9 cm³/mol. The third kappa shape index (κ3) is 2.79. The summed E-state index contributed by atoms with van der Waals surface area (Å²) in [5.74, 6) is 0.437. The van der Waals surface area contributed by atoms with Gasteiger partial charge in [0.1, 0.15) is 5.75 Å². The molecule has 0 aliphatic rings. The largest absolute Gasteiger partial charge is 0.496 e. The average molecular weight is 280 g/mol. The summed E-state index contributed by atoms with van der Waals surface area (Å²) in [6, 6.07) is 9.34. The smallest absolute Gasteiger partial charge is 0.417 e. The normalized spacial score (nSPS) is 11.5. The van der Waals surface area contributed by atoms with Gasteiger partial charge in [-0.2, -0.15) is 13.2 Å². The third-order valence-corrected chi connectivity index (χ3v) is 3.13. The van der Waals surface area contributed by atoms with Gasteiger partial charge in [-0.3, -0.25) is 0 Å². The minimum Gasteiger partial charge on any atom is -0.496 e. The van der Waals surface area contributed by atoms with Crippen LogP contribution in [-0.2, 0) is 6.18 Å². The summed E-state index contributed by atoms with van der Waals surface area (Å²) >= 11 is 0. The van der Waals surface area contributed by atoms with Crippen LogP contribution in [0.2, 0.25) is 0 Å². The zero-order chi connectivity index (χ0) is 14.9. The molecule has 2 aromatic rings. The number of benzene rings is 2. The highest BCUT2D eigenvalue weighted by Crippen LogP contribution is 2.41. The molecule has 0 aromatic heterocycles. The molecule has 0 radical (unpaired) electrons. The number of hydrogen-bond acceptors (Lipinski definition) is 1. The Hall–Kier alpha value is -1.97. The molecule has 2 rings (SSSR count). The number of rotatable bonds is 2. The van der Waals surface area contributed by atoms with E-state index in [1.54, 1.807) is 25.1 Å². The van der Waals surface area contributed by atoms with Crippen molar-refractivity contribution in [1.82, 2.24) is 0 Å². The van der Waals surface area contributed by atoms with E-state index in [9.17, 15) is 13.2 Å². The number of methoxy groups -OCH3 is 1. The third-order valence-electron chi connectivity index (χ3n) is 3.13. The first-order valence-corrected chi connectivity index (χ1v) is 6.16. The van der Waals surface area contributed by atoms with Crippen LogP contribution in [0.5, 0.6) is 5.75 Å². The summed E-state index contributed by atoms with van der Waals surface area (Å²) in [6.45, 7) is 3.61. The molecule has 0 saturated heterocycles. The highest BCUT2D eigenvalue weighted by atomic mass is 19.4. The van der Waals surface area contributed by atoms with E-state index in [1.165, 1.54) is 13.2 Å². The summed E-state index contributed by atoms with van der Waals surface area (Å²) in [6.07, 6.45) is -4.39. The summed E-state index contributed by atoms with van der Waals surface area (Å²) in [7, 11) is 1.46. The first kappa shape index (κ1) is 14.4. The molecule has 0 amide bonds. The van der Waals surface area contributed by atoms with Crippen molar-refractivity contribution in [2.75, 3.05) is 7.11 Å². The SMILES string of the molecule is COc1ccc(C)cc1-c1cc(C)ccc1C(F)(F)F. The van der Waals surface area contributed by atoms with Crippen molar-refractivity contribution in [2.45, 2.75) is 20.0 Å². The van der Waals surface area contributed by atoms with Crippen molar-refractivity contribution in [3.05, 3.63) is 53.1 Å². The lowest BCUT2D eigenvalue weighted by atomic mass is 9.95. The molecule has 0 heterocycles. The van der Waals surface area contributed by atoms with Crippen LogP contribution in [0.3, 0.4) is 0 Å². The summed E-state index contributed by atoms with van der Waals surface area (Å²) in [5, 5.41) is 0. The lowest BCUT2D eigenvalue weighted by molar-refractivity contribution is -0.137. The summed E-state index contributed by atoms with van der Waals surface area (Å²) in [5.41, 5.74) is 1.63. The molecular formula is C16H15F3O. The molecule has 0 N–H and O–H groups in total. The molecule has 0 fully saturated rings. The molecule has 0 aliphatic heterocycles. The van der Waals surface area contributed by atoms with Crippen LogP contribution in [0.1, 0.15) is 16.7 Å². The highest BCUT2D eigenvalue weighted by molar-refractivity contribution is 5.75. The van der Waals surface area contributed by atoms with Crippen LogP contribution >= 0.6 is 0 Å². The van der Waals surface area contributed by atoms with E-state index in [2.05, 4.69) is 0 Å². The Morgan fingerprint density at radius 3 is 1.95 bits per heavy atom. The molecule has 0 aliphatic carbocycles. The van der Waals surface area contributed by atoms with Crippen molar-refractivity contribution < 1.29 is 17.9 Å². The first-order chi connectivity index (χ1) is 9.32. The molecule has 0 atom stereocenters. The van der Waals surface area contributed by atoms with Gasteiger partial charge in [-0.25, -0.2) is 0 Å². The van der Waals surface area contributed by atoms with Gasteiger partial charge in [-0.15, -0.1) is 0 Å². The topological polar surface area (TPSA) is 9.23 Å². The maximum absolute atomic E-state index is 13.2. The fourth-order valence-electron chi connectivity index (χ4n) is 2.16. The Bertz CT molecular complexity index is 630. The van der Waals surface area contributed by atoms with Crippen LogP contribution in [0.25, 0.3) is 11.1 Å². The van der Waals surface area contributed by atoms with Gasteiger partial charge in [-0.05, 0) is 37.6 Å². The van der Waals surface area contributed by atoms with Crippen LogP contribution < -0.4 is 4.74 Å². The predicted octanol–water partition coefficient (Wildman–Crippen LogP) is 5.00. The van der Waals surface area contributed by atoms with Gasteiger partial charge in [0.25, 0.3) is 0 Å². The molecular weight excluding hydrogens is 265 g/mol. The van der Waals surface area contributed by atoms with E-state index < -0.39 is 11.7 Å². The van der Waals surface area contributed by atoms with E-state index >= 15 is 0 Å². The van der Waals surface area contributed by atoms with Gasteiger partial charge in [0.15, 0.2) is 0 Å². The minimum absolute atomic E-state index is 0.151. The quantitative estimate of drug-likeness (QED) is 0.752. The fourth-order valence-corrected chi connectivity index (χ4v) is 2.16.